The van der Waals surface area contributed by atoms with Crippen LogP contribution in [0.15, 0.2) is 17.0 Å². The second-order valence-corrected chi connectivity index (χ2v) is 4.97. The van der Waals surface area contributed by atoms with Crippen molar-refractivity contribution in [2.45, 2.75) is 18.4 Å². The Morgan fingerprint density at radius 2 is 2.07 bits per heavy atom. The minimum absolute atomic E-state index is 0.0644. The van der Waals surface area contributed by atoms with E-state index in [1.807, 2.05) is 0 Å². The van der Waals surface area contributed by atoms with Crippen LogP contribution >= 0.6 is 0 Å². The van der Waals surface area contributed by atoms with Gasteiger partial charge in [-0.25, -0.2) is 17.5 Å². The monoisotopic (exact) mass is 232 g/mol. The average Bonchev–Trinajstić information content (AvgIpc) is 2.21. The molecule has 6 heteroatoms. The number of rotatable bonds is 3. The quantitative estimate of drug-likeness (QED) is 0.797. The zero-order valence-corrected chi connectivity index (χ0v) is 9.36. The molecule has 0 saturated heterocycles. The number of sulfonamides is 1. The van der Waals surface area contributed by atoms with Crippen molar-refractivity contribution in [1.82, 2.24) is 4.72 Å². The molecule has 0 aliphatic carbocycles. The highest BCUT2D eigenvalue weighted by molar-refractivity contribution is 7.89. The number of benzene rings is 1. The molecule has 1 aromatic carbocycles. The highest BCUT2D eigenvalue weighted by Gasteiger charge is 2.17. The van der Waals surface area contributed by atoms with Gasteiger partial charge in [0.2, 0.25) is 10.0 Å². The van der Waals surface area contributed by atoms with E-state index in [0.29, 0.717) is 5.56 Å². The van der Waals surface area contributed by atoms with Gasteiger partial charge in [0.15, 0.2) is 0 Å². The smallest absolute Gasteiger partial charge is 0.240 e. The first-order valence-electron chi connectivity index (χ1n) is 4.35. The van der Waals surface area contributed by atoms with E-state index in [-0.39, 0.29) is 17.0 Å². The van der Waals surface area contributed by atoms with Crippen molar-refractivity contribution >= 4 is 10.0 Å². The minimum atomic E-state index is -3.63. The summed E-state index contributed by atoms with van der Waals surface area (Å²) in [5.41, 5.74) is 5.89. The summed E-state index contributed by atoms with van der Waals surface area (Å²) in [6, 6.07) is 2.62. The normalized spacial score (nSPS) is 11.7. The minimum Gasteiger partial charge on any atom is -0.326 e. The predicted molar refractivity (Wildman–Crippen MR) is 55.3 cm³/mol. The van der Waals surface area contributed by atoms with Crippen LogP contribution in [0, 0.1) is 12.7 Å². The van der Waals surface area contributed by atoms with Crippen LogP contribution in [0.25, 0.3) is 0 Å². The van der Waals surface area contributed by atoms with Gasteiger partial charge in [0.05, 0.1) is 4.90 Å². The van der Waals surface area contributed by atoms with Crippen molar-refractivity contribution in [2.24, 2.45) is 5.73 Å². The second-order valence-electron chi connectivity index (χ2n) is 3.11. The fourth-order valence-electron chi connectivity index (χ4n) is 1.21. The molecule has 0 unspecified atom stereocenters. The van der Waals surface area contributed by atoms with E-state index in [9.17, 15) is 12.8 Å². The van der Waals surface area contributed by atoms with Gasteiger partial charge in [-0.15, -0.1) is 0 Å². The molecular formula is C9H13FN2O2S. The molecule has 1 aromatic rings. The van der Waals surface area contributed by atoms with E-state index in [2.05, 4.69) is 4.72 Å². The zero-order chi connectivity index (χ0) is 11.6. The third-order valence-electron chi connectivity index (χ3n) is 2.15. The Kier molecular flexibility index (Phi) is 3.43. The topological polar surface area (TPSA) is 72.2 Å². The molecule has 0 heterocycles. The second kappa shape index (κ2) is 4.26. The SMILES string of the molecule is CNS(=O)(=O)c1cc(CN)cc(F)c1C. The lowest BCUT2D eigenvalue weighted by molar-refractivity contribution is 0.579. The number of hydrogen-bond acceptors (Lipinski definition) is 3. The lowest BCUT2D eigenvalue weighted by Crippen LogP contribution is -2.20. The standard InChI is InChI=1S/C9H13FN2O2S/c1-6-8(10)3-7(5-11)4-9(6)15(13,14)12-2/h3-4,12H,5,11H2,1-2H3. The van der Waals surface area contributed by atoms with Crippen molar-refractivity contribution in [3.63, 3.8) is 0 Å². The van der Waals surface area contributed by atoms with Crippen LogP contribution in [0.2, 0.25) is 0 Å². The van der Waals surface area contributed by atoms with Gasteiger partial charge in [-0.05, 0) is 31.7 Å². The highest BCUT2D eigenvalue weighted by atomic mass is 32.2. The summed E-state index contributed by atoms with van der Waals surface area (Å²) < 4.78 is 38.5. The fourth-order valence-corrected chi connectivity index (χ4v) is 2.24. The van der Waals surface area contributed by atoms with Crippen molar-refractivity contribution < 1.29 is 12.8 Å². The highest BCUT2D eigenvalue weighted by Crippen LogP contribution is 2.19. The third kappa shape index (κ3) is 2.34. The van der Waals surface area contributed by atoms with E-state index in [1.165, 1.54) is 26.1 Å². The lowest BCUT2D eigenvalue weighted by atomic mass is 10.1. The van der Waals surface area contributed by atoms with Crippen LogP contribution < -0.4 is 10.5 Å². The zero-order valence-electron chi connectivity index (χ0n) is 8.54. The van der Waals surface area contributed by atoms with Gasteiger partial charge in [0.1, 0.15) is 5.82 Å². The molecule has 3 N–H and O–H groups in total. The first-order valence-corrected chi connectivity index (χ1v) is 5.83. The van der Waals surface area contributed by atoms with Crippen LogP contribution in [0.1, 0.15) is 11.1 Å². The van der Waals surface area contributed by atoms with E-state index in [4.69, 9.17) is 5.73 Å². The molecule has 0 atom stereocenters. The van der Waals surface area contributed by atoms with Gasteiger partial charge < -0.3 is 5.73 Å². The van der Waals surface area contributed by atoms with Crippen LogP contribution in [-0.2, 0) is 16.6 Å². The maximum Gasteiger partial charge on any atom is 0.240 e. The first kappa shape index (κ1) is 12.1. The molecule has 1 rings (SSSR count). The molecule has 84 valence electrons. The van der Waals surface area contributed by atoms with Crippen molar-refractivity contribution in [1.29, 1.82) is 0 Å². The van der Waals surface area contributed by atoms with Crippen LogP contribution in [0.4, 0.5) is 4.39 Å². The molecule has 0 saturated carbocycles. The molecule has 0 bridgehead atoms. The summed E-state index contributed by atoms with van der Waals surface area (Å²) in [5.74, 6) is -0.563. The Labute approximate surface area is 88.3 Å². The number of halogens is 1. The van der Waals surface area contributed by atoms with Crippen molar-refractivity contribution in [3.8, 4) is 0 Å². The summed E-state index contributed by atoms with van der Waals surface area (Å²) in [5, 5.41) is 0. The van der Waals surface area contributed by atoms with Crippen LogP contribution in [0.3, 0.4) is 0 Å². The third-order valence-corrected chi connectivity index (χ3v) is 3.69. The molecular weight excluding hydrogens is 219 g/mol. The van der Waals surface area contributed by atoms with E-state index in [1.54, 1.807) is 0 Å². The summed E-state index contributed by atoms with van der Waals surface area (Å²) in [6.45, 7) is 1.52. The summed E-state index contributed by atoms with van der Waals surface area (Å²) in [6.07, 6.45) is 0. The Bertz CT molecular complexity index is 471. The average molecular weight is 232 g/mol. The molecule has 4 nitrogen and oxygen atoms in total. The molecule has 0 spiro atoms. The summed E-state index contributed by atoms with van der Waals surface area (Å²) in [4.78, 5) is -0.0644. The molecule has 15 heavy (non-hydrogen) atoms. The Balaban J connectivity index is 3.48. The number of nitrogens with two attached hydrogens (primary N) is 1. The Hall–Kier alpha value is -0.980. The summed E-state index contributed by atoms with van der Waals surface area (Å²) >= 11 is 0. The van der Waals surface area contributed by atoms with Gasteiger partial charge in [0, 0.05) is 12.1 Å². The van der Waals surface area contributed by atoms with Gasteiger partial charge in [-0.1, -0.05) is 0 Å². The Morgan fingerprint density at radius 1 is 1.47 bits per heavy atom. The van der Waals surface area contributed by atoms with Crippen molar-refractivity contribution in [3.05, 3.63) is 29.1 Å². The Morgan fingerprint density at radius 3 is 2.53 bits per heavy atom. The van der Waals surface area contributed by atoms with Crippen LogP contribution in [0.5, 0.6) is 0 Å². The molecule has 0 aliphatic heterocycles. The number of nitrogens with one attached hydrogen (secondary N) is 1. The maximum atomic E-state index is 13.3. The summed E-state index contributed by atoms with van der Waals surface area (Å²) in [7, 11) is -2.35. The maximum absolute atomic E-state index is 13.3. The van der Waals surface area contributed by atoms with Crippen LogP contribution in [-0.4, -0.2) is 15.5 Å². The lowest BCUT2D eigenvalue weighted by Gasteiger charge is -2.09. The predicted octanol–water partition coefficient (Wildman–Crippen LogP) is 0.501. The van der Waals surface area contributed by atoms with E-state index >= 15 is 0 Å². The molecule has 0 radical (unpaired) electrons. The van der Waals surface area contributed by atoms with Gasteiger partial charge in [0.25, 0.3) is 0 Å². The van der Waals surface area contributed by atoms with E-state index < -0.39 is 15.8 Å². The molecule has 0 aromatic heterocycles. The van der Waals surface area contributed by atoms with Crippen molar-refractivity contribution in [2.75, 3.05) is 7.05 Å². The van der Waals surface area contributed by atoms with E-state index in [0.717, 1.165) is 0 Å². The molecule has 0 aliphatic rings. The number of hydrogen-bond donors (Lipinski definition) is 2. The largest absolute Gasteiger partial charge is 0.326 e. The van der Waals surface area contributed by atoms with Gasteiger partial charge >= 0.3 is 0 Å². The van der Waals surface area contributed by atoms with Gasteiger partial charge in [-0.3, -0.25) is 0 Å². The molecule has 0 fully saturated rings. The molecule has 0 amide bonds. The first-order chi connectivity index (χ1) is 6.92. The fraction of sp³-hybridized carbons (Fsp3) is 0.333. The van der Waals surface area contributed by atoms with Gasteiger partial charge in [-0.2, -0.15) is 0 Å².